The number of hydrogen-bond donors (Lipinski definition) is 1. The van der Waals surface area contributed by atoms with Crippen molar-refractivity contribution in [1.29, 1.82) is 0 Å². The Morgan fingerprint density at radius 2 is 2.19 bits per heavy atom. The fraction of sp³-hybridized carbons (Fsp3) is 0.429. The lowest BCUT2D eigenvalue weighted by Crippen LogP contribution is -2.22. The first-order valence-corrected chi connectivity index (χ1v) is 5.98. The summed E-state index contributed by atoms with van der Waals surface area (Å²) < 4.78 is 5.75. The first-order chi connectivity index (χ1) is 7.90. The van der Waals surface area contributed by atoms with Crippen LogP contribution in [0.3, 0.4) is 0 Å². The van der Waals surface area contributed by atoms with Gasteiger partial charge >= 0.3 is 0 Å². The standard InChI is InChI=1S/C14H19NO/c1-2-5-12-6-3-4-7-14(12)16-11-10-15-13-8-9-13/h2-7,13,15H,8-11H2,1H3. The second kappa shape index (κ2) is 5.71. The summed E-state index contributed by atoms with van der Waals surface area (Å²) in [6.07, 6.45) is 6.76. The number of benzene rings is 1. The van der Waals surface area contributed by atoms with Crippen LogP contribution in [0.5, 0.6) is 5.75 Å². The van der Waals surface area contributed by atoms with Crippen molar-refractivity contribution in [2.45, 2.75) is 25.8 Å². The van der Waals surface area contributed by atoms with Crippen molar-refractivity contribution in [3.8, 4) is 5.75 Å². The van der Waals surface area contributed by atoms with Gasteiger partial charge in [-0.25, -0.2) is 0 Å². The van der Waals surface area contributed by atoms with E-state index in [4.69, 9.17) is 4.74 Å². The Morgan fingerprint density at radius 3 is 2.94 bits per heavy atom. The lowest BCUT2D eigenvalue weighted by Gasteiger charge is -2.09. The molecule has 86 valence electrons. The quantitative estimate of drug-likeness (QED) is 0.740. The molecule has 2 nitrogen and oxygen atoms in total. The Hall–Kier alpha value is -1.28. The smallest absolute Gasteiger partial charge is 0.126 e. The van der Waals surface area contributed by atoms with Gasteiger partial charge in [-0.3, -0.25) is 0 Å². The molecule has 0 radical (unpaired) electrons. The van der Waals surface area contributed by atoms with Gasteiger partial charge in [0.2, 0.25) is 0 Å². The third-order valence-corrected chi connectivity index (χ3v) is 2.64. The first kappa shape index (κ1) is 11.2. The van der Waals surface area contributed by atoms with E-state index >= 15 is 0 Å². The number of allylic oxidation sites excluding steroid dienone is 1. The van der Waals surface area contributed by atoms with Crippen LogP contribution in [0.25, 0.3) is 6.08 Å². The van der Waals surface area contributed by atoms with Crippen molar-refractivity contribution in [2.75, 3.05) is 13.2 Å². The third-order valence-electron chi connectivity index (χ3n) is 2.64. The molecule has 1 fully saturated rings. The maximum absolute atomic E-state index is 5.75. The highest BCUT2D eigenvalue weighted by molar-refractivity contribution is 5.56. The van der Waals surface area contributed by atoms with Crippen molar-refractivity contribution >= 4 is 6.08 Å². The number of ether oxygens (including phenoxy) is 1. The van der Waals surface area contributed by atoms with E-state index in [9.17, 15) is 0 Å². The number of rotatable bonds is 6. The molecule has 1 aliphatic rings. The predicted octanol–water partition coefficient (Wildman–Crippen LogP) is 2.85. The molecule has 2 heteroatoms. The highest BCUT2D eigenvalue weighted by atomic mass is 16.5. The molecule has 1 aromatic carbocycles. The Kier molecular flexibility index (Phi) is 4.00. The molecule has 0 aliphatic heterocycles. The van der Waals surface area contributed by atoms with Gasteiger partial charge in [-0.15, -0.1) is 0 Å². The molecule has 1 aliphatic carbocycles. The normalized spacial score (nSPS) is 15.6. The van der Waals surface area contributed by atoms with Gasteiger partial charge in [0, 0.05) is 18.2 Å². The van der Waals surface area contributed by atoms with Crippen LogP contribution in [0.2, 0.25) is 0 Å². The summed E-state index contributed by atoms with van der Waals surface area (Å²) in [4.78, 5) is 0. The highest BCUT2D eigenvalue weighted by Crippen LogP contribution is 2.20. The van der Waals surface area contributed by atoms with Gasteiger partial charge in [0.15, 0.2) is 0 Å². The molecule has 1 saturated carbocycles. The number of nitrogens with one attached hydrogen (secondary N) is 1. The SMILES string of the molecule is CC=Cc1ccccc1OCCNC1CC1. The molecule has 1 aromatic rings. The minimum Gasteiger partial charge on any atom is -0.492 e. The molecule has 0 bridgehead atoms. The van der Waals surface area contributed by atoms with Gasteiger partial charge in [-0.1, -0.05) is 30.4 Å². The van der Waals surface area contributed by atoms with E-state index in [-0.39, 0.29) is 0 Å². The molecule has 16 heavy (non-hydrogen) atoms. The molecule has 0 heterocycles. The molecule has 0 saturated heterocycles. The van der Waals surface area contributed by atoms with Crippen LogP contribution in [0, 0.1) is 0 Å². The van der Waals surface area contributed by atoms with Crippen molar-refractivity contribution in [1.82, 2.24) is 5.32 Å². The Bertz CT molecular complexity index is 356. The Labute approximate surface area is 97.3 Å². The summed E-state index contributed by atoms with van der Waals surface area (Å²) >= 11 is 0. The van der Waals surface area contributed by atoms with E-state index in [1.807, 2.05) is 31.2 Å². The maximum atomic E-state index is 5.75. The topological polar surface area (TPSA) is 21.3 Å². The van der Waals surface area contributed by atoms with Crippen molar-refractivity contribution < 1.29 is 4.74 Å². The molecule has 0 unspecified atom stereocenters. The Morgan fingerprint density at radius 1 is 1.38 bits per heavy atom. The van der Waals surface area contributed by atoms with E-state index < -0.39 is 0 Å². The molecule has 1 N–H and O–H groups in total. The summed E-state index contributed by atoms with van der Waals surface area (Å²) in [5.74, 6) is 0.971. The van der Waals surface area contributed by atoms with Gasteiger partial charge in [-0.2, -0.15) is 0 Å². The van der Waals surface area contributed by atoms with Crippen LogP contribution in [-0.4, -0.2) is 19.2 Å². The minimum atomic E-state index is 0.741. The average Bonchev–Trinajstić information content (AvgIpc) is 3.11. The van der Waals surface area contributed by atoms with Crippen LogP contribution in [0.4, 0.5) is 0 Å². The highest BCUT2D eigenvalue weighted by Gasteiger charge is 2.19. The lowest BCUT2D eigenvalue weighted by atomic mass is 10.2. The molecule has 0 amide bonds. The van der Waals surface area contributed by atoms with E-state index in [0.717, 1.165) is 30.5 Å². The zero-order valence-electron chi connectivity index (χ0n) is 9.78. The minimum absolute atomic E-state index is 0.741. The predicted molar refractivity (Wildman–Crippen MR) is 67.7 cm³/mol. The molecule has 2 rings (SSSR count). The van der Waals surface area contributed by atoms with Crippen LogP contribution < -0.4 is 10.1 Å². The fourth-order valence-corrected chi connectivity index (χ4v) is 1.64. The summed E-state index contributed by atoms with van der Waals surface area (Å²) in [5, 5.41) is 3.44. The van der Waals surface area contributed by atoms with Crippen LogP contribution in [-0.2, 0) is 0 Å². The Balaban J connectivity index is 1.81. The molecular weight excluding hydrogens is 198 g/mol. The van der Waals surface area contributed by atoms with Gasteiger partial charge in [0.05, 0.1) is 0 Å². The summed E-state index contributed by atoms with van der Waals surface area (Å²) in [6, 6.07) is 8.89. The molecule has 0 atom stereocenters. The largest absolute Gasteiger partial charge is 0.492 e. The summed E-state index contributed by atoms with van der Waals surface area (Å²) in [7, 11) is 0. The number of para-hydroxylation sites is 1. The number of hydrogen-bond acceptors (Lipinski definition) is 2. The van der Waals surface area contributed by atoms with Crippen LogP contribution in [0.15, 0.2) is 30.3 Å². The van der Waals surface area contributed by atoms with E-state index in [0.29, 0.717) is 0 Å². The van der Waals surface area contributed by atoms with Gasteiger partial charge < -0.3 is 10.1 Å². The molecule has 0 aromatic heterocycles. The van der Waals surface area contributed by atoms with Gasteiger partial charge in [-0.05, 0) is 25.8 Å². The van der Waals surface area contributed by atoms with Crippen molar-refractivity contribution in [2.24, 2.45) is 0 Å². The third kappa shape index (κ3) is 3.38. The van der Waals surface area contributed by atoms with Gasteiger partial charge in [0.1, 0.15) is 12.4 Å². The van der Waals surface area contributed by atoms with E-state index in [1.165, 1.54) is 12.8 Å². The van der Waals surface area contributed by atoms with Crippen LogP contribution >= 0.6 is 0 Å². The fourth-order valence-electron chi connectivity index (χ4n) is 1.64. The lowest BCUT2D eigenvalue weighted by molar-refractivity contribution is 0.313. The summed E-state index contributed by atoms with van der Waals surface area (Å²) in [5.41, 5.74) is 1.15. The second-order valence-corrected chi connectivity index (χ2v) is 4.11. The van der Waals surface area contributed by atoms with E-state index in [1.54, 1.807) is 0 Å². The average molecular weight is 217 g/mol. The second-order valence-electron chi connectivity index (χ2n) is 4.11. The maximum Gasteiger partial charge on any atom is 0.126 e. The first-order valence-electron chi connectivity index (χ1n) is 5.98. The van der Waals surface area contributed by atoms with Gasteiger partial charge in [0.25, 0.3) is 0 Å². The van der Waals surface area contributed by atoms with Crippen LogP contribution in [0.1, 0.15) is 25.3 Å². The molecule has 0 spiro atoms. The monoisotopic (exact) mass is 217 g/mol. The summed E-state index contributed by atoms with van der Waals surface area (Å²) in [6.45, 7) is 3.70. The zero-order chi connectivity index (χ0) is 11.2. The molecular formula is C14H19NO. The van der Waals surface area contributed by atoms with E-state index in [2.05, 4.69) is 17.5 Å². The zero-order valence-corrected chi connectivity index (χ0v) is 9.78. The van der Waals surface area contributed by atoms with Crippen molar-refractivity contribution in [3.05, 3.63) is 35.9 Å². The van der Waals surface area contributed by atoms with Crippen molar-refractivity contribution in [3.63, 3.8) is 0 Å².